The van der Waals surface area contributed by atoms with Crippen molar-refractivity contribution in [2.24, 2.45) is 0 Å². The fraction of sp³-hybridized carbons (Fsp3) is 0.391. The molecule has 6 heteroatoms. The van der Waals surface area contributed by atoms with Gasteiger partial charge in [0.05, 0.1) is 12.6 Å². The molecule has 0 aliphatic carbocycles. The molecule has 0 spiro atoms. The second kappa shape index (κ2) is 8.66. The molecule has 0 fully saturated rings. The quantitative estimate of drug-likeness (QED) is 0.764. The lowest BCUT2D eigenvalue weighted by Gasteiger charge is -2.25. The first kappa shape index (κ1) is 20.9. The SMILES string of the molecule is Cc1cc(C)c(NC(=O)C(=O)NCC(c2ccc3c(c2)CCO3)N(C)C)c(C)c1. The molecule has 0 saturated carbocycles. The van der Waals surface area contributed by atoms with Gasteiger partial charge in [0.1, 0.15) is 5.75 Å². The zero-order valence-electron chi connectivity index (χ0n) is 17.8. The maximum Gasteiger partial charge on any atom is 0.313 e. The number of fused-ring (bicyclic) bond motifs is 1. The van der Waals surface area contributed by atoms with Crippen molar-refractivity contribution in [3.8, 4) is 5.75 Å². The van der Waals surface area contributed by atoms with Crippen LogP contribution in [0.5, 0.6) is 5.75 Å². The van der Waals surface area contributed by atoms with E-state index in [0.717, 1.165) is 34.4 Å². The zero-order chi connectivity index (χ0) is 21.1. The minimum absolute atomic E-state index is 0.0412. The molecule has 2 amide bonds. The van der Waals surface area contributed by atoms with Crippen LogP contribution in [-0.4, -0.2) is 44.0 Å². The molecule has 0 saturated heterocycles. The number of anilines is 1. The number of hydrogen-bond donors (Lipinski definition) is 2. The van der Waals surface area contributed by atoms with Crippen LogP contribution < -0.4 is 15.4 Å². The Labute approximate surface area is 172 Å². The first-order valence-electron chi connectivity index (χ1n) is 9.85. The Hall–Kier alpha value is -2.86. The van der Waals surface area contributed by atoms with Crippen molar-refractivity contribution in [3.05, 3.63) is 58.1 Å². The van der Waals surface area contributed by atoms with Crippen LogP contribution in [0.3, 0.4) is 0 Å². The van der Waals surface area contributed by atoms with Gasteiger partial charge in [-0.25, -0.2) is 0 Å². The lowest BCUT2D eigenvalue weighted by atomic mass is 10.0. The summed E-state index contributed by atoms with van der Waals surface area (Å²) >= 11 is 0. The van der Waals surface area contributed by atoms with E-state index in [2.05, 4.69) is 16.7 Å². The van der Waals surface area contributed by atoms with Crippen LogP contribution in [-0.2, 0) is 16.0 Å². The predicted molar refractivity (Wildman–Crippen MR) is 114 cm³/mol. The Morgan fingerprint density at radius 1 is 1.07 bits per heavy atom. The Morgan fingerprint density at radius 2 is 1.76 bits per heavy atom. The zero-order valence-corrected chi connectivity index (χ0v) is 17.8. The van der Waals surface area contributed by atoms with Crippen molar-refractivity contribution in [2.45, 2.75) is 33.2 Å². The van der Waals surface area contributed by atoms with E-state index in [1.54, 1.807) is 0 Å². The third-order valence-corrected chi connectivity index (χ3v) is 5.30. The van der Waals surface area contributed by atoms with Gasteiger partial charge in [-0.2, -0.15) is 0 Å². The molecule has 2 aromatic rings. The van der Waals surface area contributed by atoms with E-state index in [1.807, 2.05) is 64.0 Å². The number of nitrogens with one attached hydrogen (secondary N) is 2. The molecule has 1 unspecified atom stereocenters. The summed E-state index contributed by atoms with van der Waals surface area (Å²) in [6.45, 7) is 6.90. The average molecular weight is 396 g/mol. The van der Waals surface area contributed by atoms with Gasteiger partial charge in [0.2, 0.25) is 0 Å². The number of aryl methyl sites for hydroxylation is 3. The van der Waals surface area contributed by atoms with Crippen LogP contribution >= 0.6 is 0 Å². The summed E-state index contributed by atoms with van der Waals surface area (Å²) in [7, 11) is 3.92. The molecular formula is C23H29N3O3. The number of nitrogens with zero attached hydrogens (tertiary/aromatic N) is 1. The van der Waals surface area contributed by atoms with Crippen LogP contribution in [0.2, 0.25) is 0 Å². The van der Waals surface area contributed by atoms with Crippen LogP contribution in [0.25, 0.3) is 0 Å². The summed E-state index contributed by atoms with van der Waals surface area (Å²) in [6, 6.07) is 10.0. The molecule has 1 atom stereocenters. The summed E-state index contributed by atoms with van der Waals surface area (Å²) in [6.07, 6.45) is 0.896. The molecule has 1 aliphatic heterocycles. The molecular weight excluding hydrogens is 366 g/mol. The fourth-order valence-corrected chi connectivity index (χ4v) is 3.83. The van der Waals surface area contributed by atoms with E-state index >= 15 is 0 Å². The summed E-state index contributed by atoms with van der Waals surface area (Å²) < 4.78 is 5.57. The number of hydrogen-bond acceptors (Lipinski definition) is 4. The second-order valence-corrected chi connectivity index (χ2v) is 7.88. The van der Waals surface area contributed by atoms with Gasteiger partial charge in [0.15, 0.2) is 0 Å². The standard InChI is InChI=1S/C23H29N3O3/c1-14-10-15(2)21(16(3)11-14)25-23(28)22(27)24-13-19(26(4)5)17-6-7-20-18(12-17)8-9-29-20/h6-7,10-12,19H,8-9,13H2,1-5H3,(H,24,27)(H,25,28). The van der Waals surface area contributed by atoms with E-state index in [4.69, 9.17) is 4.74 Å². The molecule has 1 aliphatic rings. The van der Waals surface area contributed by atoms with Crippen LogP contribution in [0.15, 0.2) is 30.3 Å². The minimum atomic E-state index is -0.653. The van der Waals surface area contributed by atoms with E-state index in [-0.39, 0.29) is 6.04 Å². The van der Waals surface area contributed by atoms with Crippen LogP contribution in [0, 0.1) is 20.8 Å². The van der Waals surface area contributed by atoms with Crippen molar-refractivity contribution in [1.82, 2.24) is 10.2 Å². The maximum absolute atomic E-state index is 12.4. The Morgan fingerprint density at radius 3 is 2.41 bits per heavy atom. The summed E-state index contributed by atoms with van der Waals surface area (Å²) in [5, 5.41) is 5.53. The molecule has 0 bridgehead atoms. The molecule has 6 nitrogen and oxygen atoms in total. The van der Waals surface area contributed by atoms with Gasteiger partial charge in [-0.15, -0.1) is 0 Å². The number of carbonyl (C=O) groups is 2. The van der Waals surface area contributed by atoms with Gasteiger partial charge in [0.25, 0.3) is 0 Å². The number of benzene rings is 2. The van der Waals surface area contributed by atoms with Crippen LogP contribution in [0.4, 0.5) is 5.69 Å². The van der Waals surface area contributed by atoms with Gasteiger partial charge in [-0.3, -0.25) is 9.59 Å². The Balaban J connectivity index is 1.65. The fourth-order valence-electron chi connectivity index (χ4n) is 3.83. The molecule has 1 heterocycles. The minimum Gasteiger partial charge on any atom is -0.493 e. The molecule has 0 aromatic heterocycles. The number of carbonyl (C=O) groups excluding carboxylic acids is 2. The summed E-state index contributed by atoms with van der Waals surface area (Å²) in [5.74, 6) is -0.362. The van der Waals surface area contributed by atoms with Crippen molar-refractivity contribution in [1.29, 1.82) is 0 Å². The normalized spacial score (nSPS) is 13.6. The van der Waals surface area contributed by atoms with Crippen LogP contribution in [0.1, 0.15) is 33.9 Å². The molecule has 0 radical (unpaired) electrons. The first-order valence-corrected chi connectivity index (χ1v) is 9.85. The van der Waals surface area contributed by atoms with E-state index in [0.29, 0.717) is 18.8 Å². The maximum atomic E-state index is 12.4. The summed E-state index contributed by atoms with van der Waals surface area (Å²) in [5.41, 5.74) is 5.97. The highest BCUT2D eigenvalue weighted by molar-refractivity contribution is 6.39. The van der Waals surface area contributed by atoms with Crippen molar-refractivity contribution < 1.29 is 14.3 Å². The smallest absolute Gasteiger partial charge is 0.313 e. The van der Waals surface area contributed by atoms with E-state index in [1.165, 1.54) is 5.56 Å². The highest BCUT2D eigenvalue weighted by atomic mass is 16.5. The second-order valence-electron chi connectivity index (χ2n) is 7.88. The van der Waals surface area contributed by atoms with Crippen molar-refractivity contribution >= 4 is 17.5 Å². The molecule has 2 N–H and O–H groups in total. The van der Waals surface area contributed by atoms with Gasteiger partial charge in [-0.05, 0) is 63.2 Å². The predicted octanol–water partition coefficient (Wildman–Crippen LogP) is 2.90. The number of amides is 2. The van der Waals surface area contributed by atoms with Gasteiger partial charge in [0, 0.05) is 18.7 Å². The largest absolute Gasteiger partial charge is 0.493 e. The average Bonchev–Trinajstić information content (AvgIpc) is 3.12. The van der Waals surface area contributed by atoms with Gasteiger partial charge >= 0.3 is 11.8 Å². The van der Waals surface area contributed by atoms with Gasteiger partial charge < -0.3 is 20.3 Å². The number of likely N-dealkylation sites (N-methyl/N-ethyl adjacent to an activating group) is 1. The van der Waals surface area contributed by atoms with Crippen molar-refractivity contribution in [3.63, 3.8) is 0 Å². The monoisotopic (exact) mass is 395 g/mol. The molecule has 3 rings (SSSR count). The third kappa shape index (κ3) is 4.77. The molecule has 2 aromatic carbocycles. The lowest BCUT2D eigenvalue weighted by Crippen LogP contribution is -2.40. The van der Waals surface area contributed by atoms with E-state index < -0.39 is 11.8 Å². The lowest BCUT2D eigenvalue weighted by molar-refractivity contribution is -0.136. The molecule has 154 valence electrons. The Bertz CT molecular complexity index is 914. The third-order valence-electron chi connectivity index (χ3n) is 5.30. The van der Waals surface area contributed by atoms with Crippen molar-refractivity contribution in [2.75, 3.05) is 32.6 Å². The topological polar surface area (TPSA) is 70.7 Å². The Kier molecular flexibility index (Phi) is 6.23. The highest BCUT2D eigenvalue weighted by Gasteiger charge is 2.22. The van der Waals surface area contributed by atoms with Gasteiger partial charge in [-0.1, -0.05) is 29.8 Å². The highest BCUT2D eigenvalue weighted by Crippen LogP contribution is 2.29. The summed E-state index contributed by atoms with van der Waals surface area (Å²) in [4.78, 5) is 26.9. The van der Waals surface area contributed by atoms with E-state index in [9.17, 15) is 9.59 Å². The number of ether oxygens (including phenoxy) is 1. The number of rotatable bonds is 5. The molecule has 29 heavy (non-hydrogen) atoms. The first-order chi connectivity index (χ1) is 13.8.